The minimum absolute atomic E-state index is 0.225. The minimum atomic E-state index is -0.700. The molecule has 8 heteroatoms. The van der Waals surface area contributed by atoms with Crippen LogP contribution in [-0.2, 0) is 20.7 Å². The summed E-state index contributed by atoms with van der Waals surface area (Å²) in [6, 6.07) is 9.89. The topological polar surface area (TPSA) is 93.7 Å². The molecule has 0 fully saturated rings. The lowest BCUT2D eigenvalue weighted by Crippen LogP contribution is -2.37. The molecule has 1 aromatic heterocycles. The third kappa shape index (κ3) is 6.94. The van der Waals surface area contributed by atoms with E-state index in [1.54, 1.807) is 35.6 Å². The Morgan fingerprint density at radius 1 is 1.12 bits per heavy atom. The highest BCUT2D eigenvalue weighted by molar-refractivity contribution is 7.09. The Hall–Kier alpha value is -2.87. The number of carbonyl (C=O) groups is 3. The molecule has 2 N–H and O–H groups in total. The lowest BCUT2D eigenvalue weighted by molar-refractivity contribution is -0.148. The third-order valence-corrected chi connectivity index (χ3v) is 4.29. The lowest BCUT2D eigenvalue weighted by Gasteiger charge is -2.08. The van der Waals surface area contributed by atoms with Crippen molar-refractivity contribution in [1.82, 2.24) is 5.32 Å². The van der Waals surface area contributed by atoms with Gasteiger partial charge in [0.05, 0.1) is 7.11 Å². The number of aryl methyl sites for hydroxylation is 1. The van der Waals surface area contributed by atoms with Crippen molar-refractivity contribution in [2.45, 2.75) is 19.3 Å². The molecule has 0 bridgehead atoms. The van der Waals surface area contributed by atoms with Crippen LogP contribution in [0.4, 0.5) is 10.5 Å². The zero-order chi connectivity index (χ0) is 18.8. The number of rotatable bonds is 8. The van der Waals surface area contributed by atoms with Crippen molar-refractivity contribution in [1.29, 1.82) is 0 Å². The molecule has 1 aromatic carbocycles. The van der Waals surface area contributed by atoms with E-state index in [9.17, 15) is 14.4 Å². The molecular formula is C18H20N2O5S. The summed E-state index contributed by atoms with van der Waals surface area (Å²) in [6.45, 7) is -0.492. The van der Waals surface area contributed by atoms with Crippen molar-refractivity contribution >= 4 is 34.9 Å². The van der Waals surface area contributed by atoms with Gasteiger partial charge in [-0.2, -0.15) is 0 Å². The second-order valence-electron chi connectivity index (χ2n) is 5.32. The summed E-state index contributed by atoms with van der Waals surface area (Å²) in [5, 5.41) is 6.57. The van der Waals surface area contributed by atoms with Gasteiger partial charge >= 0.3 is 12.0 Å². The molecule has 0 aliphatic rings. The number of anilines is 1. The maximum Gasteiger partial charge on any atom is 0.325 e. The quantitative estimate of drug-likeness (QED) is 0.691. The number of ether oxygens (including phenoxy) is 2. The number of imide groups is 1. The van der Waals surface area contributed by atoms with E-state index in [1.165, 1.54) is 12.0 Å². The lowest BCUT2D eigenvalue weighted by atomic mass is 10.2. The average molecular weight is 376 g/mol. The summed E-state index contributed by atoms with van der Waals surface area (Å²) in [7, 11) is 1.54. The smallest absolute Gasteiger partial charge is 0.325 e. The first-order valence-corrected chi connectivity index (χ1v) is 8.87. The van der Waals surface area contributed by atoms with E-state index in [0.29, 0.717) is 17.9 Å². The molecule has 0 atom stereocenters. The highest BCUT2D eigenvalue weighted by Crippen LogP contribution is 2.14. The van der Waals surface area contributed by atoms with Gasteiger partial charge in [-0.25, -0.2) is 4.79 Å². The monoisotopic (exact) mass is 376 g/mol. The molecule has 0 radical (unpaired) electrons. The van der Waals surface area contributed by atoms with Gasteiger partial charge in [0.25, 0.3) is 5.91 Å². The Kier molecular flexibility index (Phi) is 7.63. The van der Waals surface area contributed by atoms with E-state index in [0.717, 1.165) is 6.42 Å². The first kappa shape index (κ1) is 19.5. The second-order valence-corrected chi connectivity index (χ2v) is 6.36. The summed E-state index contributed by atoms with van der Waals surface area (Å²) >= 11 is 1.63. The van der Waals surface area contributed by atoms with Crippen molar-refractivity contribution < 1.29 is 23.9 Å². The van der Waals surface area contributed by atoms with Gasteiger partial charge in [0.1, 0.15) is 5.75 Å². The Labute approximate surface area is 155 Å². The molecule has 0 aliphatic carbocycles. The van der Waals surface area contributed by atoms with Crippen LogP contribution >= 0.6 is 11.3 Å². The summed E-state index contributed by atoms with van der Waals surface area (Å²) in [5.74, 6) is -0.507. The number of carbonyl (C=O) groups excluding carboxylic acids is 3. The fraction of sp³-hybridized carbons (Fsp3) is 0.278. The van der Waals surface area contributed by atoms with Crippen LogP contribution in [0.5, 0.6) is 5.75 Å². The first-order chi connectivity index (χ1) is 12.6. The van der Waals surface area contributed by atoms with Crippen molar-refractivity contribution in [3.05, 3.63) is 46.7 Å². The number of hydrogen-bond donors (Lipinski definition) is 2. The highest BCUT2D eigenvalue weighted by atomic mass is 32.1. The average Bonchev–Trinajstić information content (AvgIpc) is 3.14. The molecule has 0 saturated carbocycles. The predicted octanol–water partition coefficient (Wildman–Crippen LogP) is 2.97. The number of esters is 1. The van der Waals surface area contributed by atoms with Gasteiger partial charge in [-0.1, -0.05) is 6.07 Å². The molecule has 26 heavy (non-hydrogen) atoms. The summed E-state index contributed by atoms with van der Waals surface area (Å²) in [4.78, 5) is 36.2. The SMILES string of the molecule is COc1ccc(NC(=O)NC(=O)COC(=O)CCCc2cccs2)cc1. The van der Waals surface area contributed by atoms with Crippen LogP contribution in [0.25, 0.3) is 0 Å². The molecular weight excluding hydrogens is 356 g/mol. The number of amides is 3. The summed E-state index contributed by atoms with van der Waals surface area (Å²) in [5.41, 5.74) is 0.502. The van der Waals surface area contributed by atoms with E-state index in [4.69, 9.17) is 9.47 Å². The van der Waals surface area contributed by atoms with E-state index < -0.39 is 24.5 Å². The van der Waals surface area contributed by atoms with Crippen LogP contribution in [0.15, 0.2) is 41.8 Å². The Bertz CT molecular complexity index is 729. The second kappa shape index (κ2) is 10.2. The van der Waals surface area contributed by atoms with Gasteiger partial charge in [-0.3, -0.25) is 14.9 Å². The van der Waals surface area contributed by atoms with Gasteiger partial charge in [0, 0.05) is 17.0 Å². The fourth-order valence-electron chi connectivity index (χ4n) is 2.08. The van der Waals surface area contributed by atoms with E-state index in [2.05, 4.69) is 10.6 Å². The molecule has 2 rings (SSSR count). The molecule has 0 aliphatic heterocycles. The van der Waals surface area contributed by atoms with Crippen LogP contribution in [0.2, 0.25) is 0 Å². The number of hydrogen-bond acceptors (Lipinski definition) is 6. The molecule has 138 valence electrons. The van der Waals surface area contributed by atoms with Gasteiger partial charge < -0.3 is 14.8 Å². The normalized spacial score (nSPS) is 10.0. The van der Waals surface area contributed by atoms with Crippen LogP contribution in [0, 0.1) is 0 Å². The summed E-state index contributed by atoms with van der Waals surface area (Å²) < 4.78 is 9.87. The number of benzene rings is 1. The summed E-state index contributed by atoms with van der Waals surface area (Å²) in [6.07, 6.45) is 1.67. The van der Waals surface area contributed by atoms with Crippen LogP contribution in [0.1, 0.15) is 17.7 Å². The van der Waals surface area contributed by atoms with E-state index >= 15 is 0 Å². The maximum atomic E-state index is 11.7. The van der Waals surface area contributed by atoms with Crippen LogP contribution in [-0.4, -0.2) is 31.6 Å². The first-order valence-electron chi connectivity index (χ1n) is 7.99. The van der Waals surface area contributed by atoms with Crippen LogP contribution in [0.3, 0.4) is 0 Å². The molecule has 0 unspecified atom stereocenters. The Balaban J connectivity index is 1.62. The van der Waals surface area contributed by atoms with Crippen LogP contribution < -0.4 is 15.4 Å². The molecule has 1 heterocycles. The predicted molar refractivity (Wildman–Crippen MR) is 98.4 cm³/mol. The number of methoxy groups -OCH3 is 1. The highest BCUT2D eigenvalue weighted by Gasteiger charge is 2.11. The third-order valence-electron chi connectivity index (χ3n) is 3.35. The van der Waals surface area contributed by atoms with Gasteiger partial charge in [-0.15, -0.1) is 11.3 Å². The molecule has 0 spiro atoms. The Morgan fingerprint density at radius 2 is 1.88 bits per heavy atom. The Morgan fingerprint density at radius 3 is 2.54 bits per heavy atom. The molecule has 7 nitrogen and oxygen atoms in total. The standard InChI is InChI=1S/C18H20N2O5S/c1-24-14-9-7-13(8-10-14)19-18(23)20-16(21)12-25-17(22)6-2-4-15-5-3-11-26-15/h3,5,7-11H,2,4,6,12H2,1H3,(H2,19,20,21,23). The van der Waals surface area contributed by atoms with Crippen molar-refractivity contribution in [3.63, 3.8) is 0 Å². The number of nitrogens with one attached hydrogen (secondary N) is 2. The molecule has 3 amide bonds. The minimum Gasteiger partial charge on any atom is -0.497 e. The van der Waals surface area contributed by atoms with Gasteiger partial charge in [-0.05, 0) is 48.6 Å². The van der Waals surface area contributed by atoms with Gasteiger partial charge in [0.15, 0.2) is 6.61 Å². The van der Waals surface area contributed by atoms with Crippen molar-refractivity contribution in [2.24, 2.45) is 0 Å². The van der Waals surface area contributed by atoms with Crippen molar-refractivity contribution in [3.8, 4) is 5.75 Å². The molecule has 2 aromatic rings. The van der Waals surface area contributed by atoms with E-state index in [1.807, 2.05) is 17.5 Å². The zero-order valence-electron chi connectivity index (χ0n) is 14.3. The van der Waals surface area contributed by atoms with Crippen molar-refractivity contribution in [2.75, 3.05) is 19.0 Å². The maximum absolute atomic E-state index is 11.7. The largest absolute Gasteiger partial charge is 0.497 e. The van der Waals surface area contributed by atoms with E-state index in [-0.39, 0.29) is 6.42 Å². The number of urea groups is 1. The molecule has 0 saturated heterocycles. The number of thiophene rings is 1. The zero-order valence-corrected chi connectivity index (χ0v) is 15.1. The van der Waals surface area contributed by atoms with Gasteiger partial charge in [0.2, 0.25) is 0 Å². The fourth-order valence-corrected chi connectivity index (χ4v) is 2.83.